The van der Waals surface area contributed by atoms with Crippen molar-refractivity contribution >= 4 is 22.9 Å². The minimum atomic E-state index is -0.256. The zero-order valence-corrected chi connectivity index (χ0v) is 11.6. The Morgan fingerprint density at radius 2 is 1.81 bits per heavy atom. The maximum Gasteiger partial charge on any atom is 0.246 e. The van der Waals surface area contributed by atoms with Crippen molar-refractivity contribution in [2.45, 2.75) is 0 Å². The van der Waals surface area contributed by atoms with Crippen LogP contribution in [0.3, 0.4) is 0 Å². The zero-order valence-electron chi connectivity index (χ0n) is 11.6. The van der Waals surface area contributed by atoms with E-state index >= 15 is 0 Å². The molecule has 2 N–H and O–H groups in total. The zero-order chi connectivity index (χ0) is 15.1. The van der Waals surface area contributed by atoms with Gasteiger partial charge in [-0.25, -0.2) is 4.98 Å². The molecule has 0 aliphatic rings. The molecule has 1 amide bonds. The van der Waals surface area contributed by atoms with E-state index in [1.165, 1.54) is 11.0 Å². The van der Waals surface area contributed by atoms with Crippen molar-refractivity contribution in [3.05, 3.63) is 48.2 Å². The lowest BCUT2D eigenvalue weighted by molar-refractivity contribution is -0.126. The molecule has 2 aromatic rings. The van der Waals surface area contributed by atoms with Gasteiger partial charge < -0.3 is 15.1 Å². The Labute approximate surface area is 123 Å². The number of hydrogen-bond donors (Lipinski definition) is 2. The van der Waals surface area contributed by atoms with Gasteiger partial charge in [-0.05, 0) is 18.2 Å². The summed E-state index contributed by atoms with van der Waals surface area (Å²) < 4.78 is 0. The summed E-state index contributed by atoms with van der Waals surface area (Å²) in [6.45, 7) is 0.144. The number of pyridine rings is 1. The molecular formula is C16H18N2O3. The normalized spacial score (nSPS) is 11.1. The number of benzene rings is 1. The molecule has 1 aromatic carbocycles. The number of amides is 1. The smallest absolute Gasteiger partial charge is 0.246 e. The van der Waals surface area contributed by atoms with Gasteiger partial charge in [-0.3, -0.25) is 4.79 Å². The van der Waals surface area contributed by atoms with Gasteiger partial charge in [0.1, 0.15) is 0 Å². The Hall–Kier alpha value is -2.24. The van der Waals surface area contributed by atoms with Crippen molar-refractivity contribution in [2.24, 2.45) is 0 Å². The van der Waals surface area contributed by atoms with Gasteiger partial charge in [0.05, 0.1) is 24.4 Å². The van der Waals surface area contributed by atoms with E-state index in [-0.39, 0.29) is 32.2 Å². The number of rotatable bonds is 6. The standard InChI is InChI=1S/C16H18N2O3/c19-11-9-18(10-12-20)16(21)8-7-14-6-5-13-3-1-2-4-15(13)17-14/h1-8,19-20H,9-12H2/b8-7+. The van der Waals surface area contributed by atoms with Gasteiger partial charge in [0.25, 0.3) is 0 Å². The molecule has 0 saturated heterocycles. The lowest BCUT2D eigenvalue weighted by atomic mass is 10.2. The Morgan fingerprint density at radius 3 is 2.52 bits per heavy atom. The second-order valence-electron chi connectivity index (χ2n) is 4.53. The van der Waals surface area contributed by atoms with Crippen molar-refractivity contribution < 1.29 is 15.0 Å². The quantitative estimate of drug-likeness (QED) is 0.779. The van der Waals surface area contributed by atoms with Crippen LogP contribution in [0.1, 0.15) is 5.69 Å². The molecule has 1 heterocycles. The van der Waals surface area contributed by atoms with Gasteiger partial charge in [-0.2, -0.15) is 0 Å². The van der Waals surface area contributed by atoms with Crippen molar-refractivity contribution in [1.29, 1.82) is 0 Å². The number of para-hydroxylation sites is 1. The number of aliphatic hydroxyl groups is 2. The highest BCUT2D eigenvalue weighted by Gasteiger charge is 2.08. The van der Waals surface area contributed by atoms with Gasteiger partial charge in [-0.1, -0.05) is 24.3 Å². The summed E-state index contributed by atoms with van der Waals surface area (Å²) in [7, 11) is 0. The van der Waals surface area contributed by atoms with Crippen molar-refractivity contribution in [2.75, 3.05) is 26.3 Å². The molecule has 0 aliphatic carbocycles. The fraction of sp³-hybridized carbons (Fsp3) is 0.250. The van der Waals surface area contributed by atoms with E-state index in [1.807, 2.05) is 36.4 Å². The summed E-state index contributed by atoms with van der Waals surface area (Å²) in [5.41, 5.74) is 1.56. The Balaban J connectivity index is 2.12. The van der Waals surface area contributed by atoms with E-state index in [2.05, 4.69) is 4.98 Å². The summed E-state index contributed by atoms with van der Waals surface area (Å²) in [5, 5.41) is 18.9. The Morgan fingerprint density at radius 1 is 1.10 bits per heavy atom. The van der Waals surface area contributed by atoms with E-state index in [4.69, 9.17) is 10.2 Å². The third-order valence-electron chi connectivity index (χ3n) is 3.07. The van der Waals surface area contributed by atoms with E-state index in [1.54, 1.807) is 6.08 Å². The molecule has 110 valence electrons. The molecule has 1 aromatic heterocycles. The number of aliphatic hydroxyl groups excluding tert-OH is 2. The first-order valence-corrected chi connectivity index (χ1v) is 6.79. The molecule has 0 atom stereocenters. The maximum absolute atomic E-state index is 11.9. The van der Waals surface area contributed by atoms with Crippen LogP contribution in [0.15, 0.2) is 42.5 Å². The molecule has 0 unspecified atom stereocenters. The molecule has 0 saturated carbocycles. The summed E-state index contributed by atoms with van der Waals surface area (Å²) in [6.07, 6.45) is 3.04. The van der Waals surface area contributed by atoms with Crippen molar-refractivity contribution in [3.63, 3.8) is 0 Å². The number of carbonyl (C=O) groups excluding carboxylic acids is 1. The second-order valence-corrected chi connectivity index (χ2v) is 4.53. The summed E-state index contributed by atoms with van der Waals surface area (Å²) >= 11 is 0. The molecule has 5 nitrogen and oxygen atoms in total. The molecule has 0 spiro atoms. The van der Waals surface area contributed by atoms with Crippen LogP contribution in [0.4, 0.5) is 0 Å². The van der Waals surface area contributed by atoms with Gasteiger partial charge in [0.2, 0.25) is 5.91 Å². The topological polar surface area (TPSA) is 73.7 Å². The second kappa shape index (κ2) is 7.52. The average Bonchev–Trinajstić information content (AvgIpc) is 2.52. The molecule has 0 radical (unpaired) electrons. The van der Waals surface area contributed by atoms with Crippen LogP contribution in [-0.4, -0.2) is 52.3 Å². The molecule has 5 heteroatoms. The van der Waals surface area contributed by atoms with Gasteiger partial charge in [-0.15, -0.1) is 0 Å². The minimum Gasteiger partial charge on any atom is -0.395 e. The van der Waals surface area contributed by atoms with Crippen LogP contribution in [0, 0.1) is 0 Å². The number of hydrogen-bond acceptors (Lipinski definition) is 4. The Bertz CT molecular complexity index is 634. The fourth-order valence-corrected chi connectivity index (χ4v) is 2.01. The number of nitrogens with zero attached hydrogens (tertiary/aromatic N) is 2. The van der Waals surface area contributed by atoms with Crippen molar-refractivity contribution in [3.8, 4) is 0 Å². The summed E-state index contributed by atoms with van der Waals surface area (Å²) in [5.74, 6) is -0.256. The lowest BCUT2D eigenvalue weighted by Gasteiger charge is -2.18. The average molecular weight is 286 g/mol. The minimum absolute atomic E-state index is 0.131. The van der Waals surface area contributed by atoms with E-state index in [0.717, 1.165) is 10.9 Å². The van der Waals surface area contributed by atoms with Crippen LogP contribution in [-0.2, 0) is 4.79 Å². The molecule has 2 rings (SSSR count). The largest absolute Gasteiger partial charge is 0.395 e. The van der Waals surface area contributed by atoms with Crippen LogP contribution < -0.4 is 0 Å². The molecule has 21 heavy (non-hydrogen) atoms. The summed E-state index contributed by atoms with van der Waals surface area (Å²) in [4.78, 5) is 17.8. The molecule has 0 aliphatic heterocycles. The van der Waals surface area contributed by atoms with Gasteiger partial charge in [0, 0.05) is 24.6 Å². The first-order valence-electron chi connectivity index (χ1n) is 6.79. The van der Waals surface area contributed by atoms with Crippen LogP contribution in [0.5, 0.6) is 0 Å². The van der Waals surface area contributed by atoms with Gasteiger partial charge >= 0.3 is 0 Å². The van der Waals surface area contributed by atoms with Crippen molar-refractivity contribution in [1.82, 2.24) is 9.88 Å². The predicted octanol–water partition coefficient (Wildman–Crippen LogP) is 1.06. The third kappa shape index (κ3) is 4.11. The monoisotopic (exact) mass is 286 g/mol. The summed E-state index contributed by atoms with van der Waals surface area (Å²) in [6, 6.07) is 11.5. The highest BCUT2D eigenvalue weighted by atomic mass is 16.3. The number of aromatic nitrogens is 1. The predicted molar refractivity (Wildman–Crippen MR) is 81.5 cm³/mol. The SMILES string of the molecule is O=C(/C=C/c1ccc2ccccc2n1)N(CCO)CCO. The molecule has 0 fully saturated rings. The van der Waals surface area contributed by atoms with Crippen LogP contribution >= 0.6 is 0 Å². The molecule has 0 bridgehead atoms. The highest BCUT2D eigenvalue weighted by Crippen LogP contribution is 2.12. The van der Waals surface area contributed by atoms with Crippen LogP contribution in [0.25, 0.3) is 17.0 Å². The lowest BCUT2D eigenvalue weighted by Crippen LogP contribution is -2.34. The van der Waals surface area contributed by atoms with Crippen LogP contribution in [0.2, 0.25) is 0 Å². The van der Waals surface area contributed by atoms with E-state index in [9.17, 15) is 4.79 Å². The maximum atomic E-state index is 11.9. The van der Waals surface area contributed by atoms with E-state index in [0.29, 0.717) is 5.69 Å². The number of fused-ring (bicyclic) bond motifs is 1. The fourth-order valence-electron chi connectivity index (χ4n) is 2.01. The highest BCUT2D eigenvalue weighted by molar-refractivity contribution is 5.92. The van der Waals surface area contributed by atoms with Gasteiger partial charge in [0.15, 0.2) is 0 Å². The third-order valence-corrected chi connectivity index (χ3v) is 3.07. The first kappa shape index (κ1) is 15.2. The molecular weight excluding hydrogens is 268 g/mol. The number of carbonyl (C=O) groups is 1. The first-order chi connectivity index (χ1) is 10.2. The Kier molecular flexibility index (Phi) is 5.43. The van der Waals surface area contributed by atoms with E-state index < -0.39 is 0 Å².